The van der Waals surface area contributed by atoms with Crippen LogP contribution in [-0.2, 0) is 4.79 Å². The van der Waals surface area contributed by atoms with Crippen molar-refractivity contribution in [3.63, 3.8) is 0 Å². The maximum absolute atomic E-state index is 12.7. The molecule has 1 N–H and O–H groups in total. The molecule has 0 bridgehead atoms. The summed E-state index contributed by atoms with van der Waals surface area (Å²) in [7, 11) is 0. The van der Waals surface area contributed by atoms with Crippen LogP contribution in [-0.4, -0.2) is 27.9 Å². The minimum atomic E-state index is -2.90. The highest BCUT2D eigenvalue weighted by Gasteiger charge is 2.33. The minimum Gasteiger partial charge on any atom is -0.478 e. The first-order chi connectivity index (χ1) is 12.8. The van der Waals surface area contributed by atoms with Gasteiger partial charge in [-0.15, -0.1) is 0 Å². The summed E-state index contributed by atoms with van der Waals surface area (Å²) in [6.45, 7) is -2.90. The number of thiocarbonyl (C=S) groups is 1. The second-order valence-corrected chi connectivity index (χ2v) is 6.99. The highest BCUT2D eigenvalue weighted by atomic mass is 32.2. The molecule has 138 valence electrons. The summed E-state index contributed by atoms with van der Waals surface area (Å²) < 4.78 is 29.0. The highest BCUT2D eigenvalue weighted by molar-refractivity contribution is 8.27. The largest absolute Gasteiger partial charge is 0.478 e. The molecule has 2 aromatic carbocycles. The van der Waals surface area contributed by atoms with Crippen molar-refractivity contribution in [1.29, 1.82) is 0 Å². The lowest BCUT2D eigenvalue weighted by molar-refractivity contribution is -0.113. The van der Waals surface area contributed by atoms with Crippen molar-refractivity contribution >= 4 is 51.9 Å². The number of alkyl halides is 2. The lowest BCUT2D eigenvalue weighted by Crippen LogP contribution is -2.27. The van der Waals surface area contributed by atoms with Crippen LogP contribution in [0.5, 0.6) is 5.75 Å². The number of carbonyl (C=O) groups is 2. The molecule has 0 unspecified atom stereocenters. The molecule has 3 rings (SSSR count). The molecule has 0 radical (unpaired) electrons. The van der Waals surface area contributed by atoms with Crippen LogP contribution in [0.2, 0.25) is 0 Å². The summed E-state index contributed by atoms with van der Waals surface area (Å²) in [5.41, 5.74) is 1.19. The monoisotopic (exact) mass is 407 g/mol. The number of hydrogen-bond donors (Lipinski definition) is 1. The fourth-order valence-electron chi connectivity index (χ4n) is 2.34. The van der Waals surface area contributed by atoms with E-state index in [0.717, 1.165) is 11.8 Å². The molecule has 1 saturated heterocycles. The molecular weight excluding hydrogens is 396 g/mol. The zero-order chi connectivity index (χ0) is 19.6. The van der Waals surface area contributed by atoms with Crippen molar-refractivity contribution in [3.05, 3.63) is 64.6 Å². The van der Waals surface area contributed by atoms with E-state index in [1.165, 1.54) is 41.3 Å². The number of rotatable bonds is 5. The second-order valence-electron chi connectivity index (χ2n) is 5.32. The molecule has 0 aliphatic carbocycles. The third-order valence-corrected chi connectivity index (χ3v) is 4.87. The Bertz CT molecular complexity index is 927. The number of amides is 1. The van der Waals surface area contributed by atoms with Gasteiger partial charge in [0.2, 0.25) is 0 Å². The Hall–Kier alpha value is -2.78. The number of thioether (sulfide) groups is 1. The normalized spacial score (nSPS) is 15.7. The number of hydrogen-bond acceptors (Lipinski definition) is 5. The van der Waals surface area contributed by atoms with Gasteiger partial charge in [-0.25, -0.2) is 4.79 Å². The molecule has 0 spiro atoms. The topological polar surface area (TPSA) is 66.8 Å². The van der Waals surface area contributed by atoms with Gasteiger partial charge in [0, 0.05) is 0 Å². The standard InChI is InChI=1S/C18H11F2NO4S2/c19-17(20)25-13-7-1-10(2-8-13)9-14-15(22)21(18(26)27-14)12-5-3-11(4-6-12)16(23)24/h1-9,17H,(H,23,24)/b14-9-. The molecule has 1 aliphatic rings. The van der Waals surface area contributed by atoms with Crippen molar-refractivity contribution in [2.45, 2.75) is 6.61 Å². The average molecular weight is 407 g/mol. The Morgan fingerprint density at radius 3 is 2.33 bits per heavy atom. The molecule has 2 aromatic rings. The fourth-order valence-corrected chi connectivity index (χ4v) is 3.64. The van der Waals surface area contributed by atoms with Gasteiger partial charge in [0.1, 0.15) is 5.75 Å². The average Bonchev–Trinajstić information content (AvgIpc) is 2.90. The Balaban J connectivity index is 1.80. The predicted molar refractivity (Wildman–Crippen MR) is 102 cm³/mol. The molecule has 0 aromatic heterocycles. The number of halogens is 2. The first-order valence-corrected chi connectivity index (χ1v) is 8.74. The van der Waals surface area contributed by atoms with Crippen LogP contribution in [0.15, 0.2) is 53.4 Å². The van der Waals surface area contributed by atoms with Gasteiger partial charge in [0.05, 0.1) is 16.2 Å². The lowest BCUT2D eigenvalue weighted by Gasteiger charge is -2.14. The fraction of sp³-hybridized carbons (Fsp3) is 0.0556. The quantitative estimate of drug-likeness (QED) is 0.586. The zero-order valence-electron chi connectivity index (χ0n) is 13.5. The van der Waals surface area contributed by atoms with Crippen molar-refractivity contribution in [2.24, 2.45) is 0 Å². The Labute approximate surface area is 162 Å². The van der Waals surface area contributed by atoms with Crippen molar-refractivity contribution in [3.8, 4) is 5.75 Å². The summed E-state index contributed by atoms with van der Waals surface area (Å²) in [6.07, 6.45) is 1.59. The zero-order valence-corrected chi connectivity index (χ0v) is 15.1. The maximum atomic E-state index is 12.7. The molecule has 0 atom stereocenters. The smallest absolute Gasteiger partial charge is 0.387 e. The number of aromatic carboxylic acids is 1. The van der Waals surface area contributed by atoms with E-state index >= 15 is 0 Å². The van der Waals surface area contributed by atoms with Crippen LogP contribution in [0, 0.1) is 0 Å². The van der Waals surface area contributed by atoms with Crippen molar-refractivity contribution in [2.75, 3.05) is 4.90 Å². The third-order valence-electron chi connectivity index (χ3n) is 3.57. The Kier molecular flexibility index (Phi) is 5.52. The first-order valence-electron chi connectivity index (χ1n) is 7.51. The Morgan fingerprint density at radius 1 is 1.15 bits per heavy atom. The second kappa shape index (κ2) is 7.85. The predicted octanol–water partition coefficient (Wildman–Crippen LogP) is 4.39. The van der Waals surface area contributed by atoms with Gasteiger partial charge in [-0.05, 0) is 48.0 Å². The molecule has 5 nitrogen and oxygen atoms in total. The van der Waals surface area contributed by atoms with Crippen LogP contribution in [0.3, 0.4) is 0 Å². The van der Waals surface area contributed by atoms with Gasteiger partial charge >= 0.3 is 12.6 Å². The van der Waals surface area contributed by atoms with Crippen LogP contribution >= 0.6 is 24.0 Å². The molecule has 9 heteroatoms. The molecule has 0 saturated carbocycles. The lowest BCUT2D eigenvalue weighted by atomic mass is 10.2. The number of carboxylic acid groups (broad SMARTS) is 1. The van der Waals surface area contributed by atoms with E-state index in [1.807, 2.05) is 0 Å². The van der Waals surface area contributed by atoms with Gasteiger partial charge in [0.15, 0.2) is 4.32 Å². The number of ether oxygens (including phenoxy) is 1. The van der Waals surface area contributed by atoms with E-state index in [9.17, 15) is 18.4 Å². The third kappa shape index (κ3) is 4.32. The summed E-state index contributed by atoms with van der Waals surface area (Å²) in [5, 5.41) is 8.95. The Morgan fingerprint density at radius 2 is 1.78 bits per heavy atom. The molecule has 1 aliphatic heterocycles. The number of nitrogens with zero attached hydrogens (tertiary/aromatic N) is 1. The van der Waals surface area contributed by atoms with Gasteiger partial charge in [-0.3, -0.25) is 9.69 Å². The number of benzene rings is 2. The molecule has 1 amide bonds. The van der Waals surface area contributed by atoms with Crippen molar-refractivity contribution < 1.29 is 28.2 Å². The van der Waals surface area contributed by atoms with E-state index in [1.54, 1.807) is 18.2 Å². The van der Waals surface area contributed by atoms with Crippen LogP contribution in [0.25, 0.3) is 6.08 Å². The number of carboxylic acids is 1. The molecular formula is C18H11F2NO4S2. The highest BCUT2D eigenvalue weighted by Crippen LogP contribution is 2.36. The van der Waals surface area contributed by atoms with E-state index < -0.39 is 12.6 Å². The van der Waals surface area contributed by atoms with E-state index in [-0.39, 0.29) is 17.2 Å². The molecule has 1 heterocycles. The van der Waals surface area contributed by atoms with Gasteiger partial charge in [-0.2, -0.15) is 8.78 Å². The summed E-state index contributed by atoms with van der Waals surface area (Å²) in [5.74, 6) is -1.39. The van der Waals surface area contributed by atoms with Crippen LogP contribution in [0.4, 0.5) is 14.5 Å². The molecule has 27 heavy (non-hydrogen) atoms. The number of carbonyl (C=O) groups excluding carboxylic acids is 1. The summed E-state index contributed by atoms with van der Waals surface area (Å²) in [4.78, 5) is 25.3. The van der Waals surface area contributed by atoms with Crippen LogP contribution < -0.4 is 9.64 Å². The summed E-state index contributed by atoms with van der Waals surface area (Å²) in [6, 6.07) is 11.6. The van der Waals surface area contributed by atoms with E-state index in [2.05, 4.69) is 4.74 Å². The van der Waals surface area contributed by atoms with E-state index in [4.69, 9.17) is 17.3 Å². The van der Waals surface area contributed by atoms with Gasteiger partial charge < -0.3 is 9.84 Å². The maximum Gasteiger partial charge on any atom is 0.387 e. The van der Waals surface area contributed by atoms with Crippen molar-refractivity contribution in [1.82, 2.24) is 0 Å². The van der Waals surface area contributed by atoms with Gasteiger partial charge in [-0.1, -0.05) is 36.1 Å². The van der Waals surface area contributed by atoms with Crippen LogP contribution in [0.1, 0.15) is 15.9 Å². The summed E-state index contributed by atoms with van der Waals surface area (Å²) >= 11 is 6.35. The van der Waals surface area contributed by atoms with E-state index in [0.29, 0.717) is 20.5 Å². The SMILES string of the molecule is O=C(O)c1ccc(N2C(=O)/C(=C/c3ccc(OC(F)F)cc3)SC2=S)cc1. The first kappa shape index (κ1) is 19.0. The minimum absolute atomic E-state index is 0.0215. The number of anilines is 1. The van der Waals surface area contributed by atoms with Gasteiger partial charge in [0.25, 0.3) is 5.91 Å². The molecule has 1 fully saturated rings.